The summed E-state index contributed by atoms with van der Waals surface area (Å²) in [6.07, 6.45) is 6.16. The molecule has 1 N–H and O–H groups in total. The summed E-state index contributed by atoms with van der Waals surface area (Å²) in [7, 11) is 0. The van der Waals surface area contributed by atoms with Crippen LogP contribution in [0.4, 0.5) is 4.79 Å². The number of carboxylic acid groups (broad SMARTS) is 1. The second-order valence-corrected chi connectivity index (χ2v) is 9.42. The number of hydrogen-bond acceptors (Lipinski definition) is 2. The van der Waals surface area contributed by atoms with Crippen molar-refractivity contribution in [1.29, 1.82) is 0 Å². The van der Waals surface area contributed by atoms with E-state index < -0.39 is 6.09 Å². The number of nitrogens with zero attached hydrogens (tertiary/aromatic N) is 2. The van der Waals surface area contributed by atoms with E-state index in [0.29, 0.717) is 5.92 Å². The highest BCUT2D eigenvalue weighted by Crippen LogP contribution is 2.63. The second-order valence-electron chi connectivity index (χ2n) is 8.50. The van der Waals surface area contributed by atoms with E-state index in [1.54, 1.807) is 0 Å². The largest absolute Gasteiger partial charge is 0.465 e. The first-order valence-electron chi connectivity index (χ1n) is 9.59. The topological polar surface area (TPSA) is 43.8 Å². The molecule has 1 spiro atoms. The molecule has 5 aliphatic rings. The van der Waals surface area contributed by atoms with Gasteiger partial charge in [0.05, 0.1) is 12.1 Å². The molecule has 2 aliphatic carbocycles. The summed E-state index contributed by atoms with van der Waals surface area (Å²) in [5, 5.41) is 10.3. The minimum atomic E-state index is -0.720. The van der Waals surface area contributed by atoms with E-state index in [1.165, 1.54) is 24.0 Å². The molecule has 3 heterocycles. The summed E-state index contributed by atoms with van der Waals surface area (Å²) in [5.74, 6) is 0.537. The van der Waals surface area contributed by atoms with E-state index in [-0.39, 0.29) is 17.5 Å². The third-order valence-electron chi connectivity index (χ3n) is 7.25. The molecular weight excluding hydrogens is 380 g/mol. The molecule has 1 aromatic rings. The fraction of sp³-hybridized carbons (Fsp3) is 0.650. The smallest absolute Gasteiger partial charge is 0.408 e. The Bertz CT molecular complexity index is 710. The molecular formula is C20H25BrN2O2. The van der Waals surface area contributed by atoms with Crippen LogP contribution in [0.25, 0.3) is 0 Å². The third kappa shape index (κ3) is 2.54. The number of aryl methyl sites for hydroxylation is 1. The van der Waals surface area contributed by atoms with Gasteiger partial charge in [0.15, 0.2) is 0 Å². The van der Waals surface area contributed by atoms with Crippen LogP contribution in [0.2, 0.25) is 0 Å². The molecule has 4 fully saturated rings. The van der Waals surface area contributed by atoms with Crippen molar-refractivity contribution in [3.05, 3.63) is 33.8 Å². The van der Waals surface area contributed by atoms with E-state index in [1.807, 2.05) is 4.90 Å². The van der Waals surface area contributed by atoms with Gasteiger partial charge in [-0.15, -0.1) is 0 Å². The van der Waals surface area contributed by atoms with Crippen molar-refractivity contribution in [3.63, 3.8) is 0 Å². The monoisotopic (exact) mass is 404 g/mol. The average molecular weight is 405 g/mol. The van der Waals surface area contributed by atoms with E-state index in [4.69, 9.17) is 0 Å². The summed E-state index contributed by atoms with van der Waals surface area (Å²) < 4.78 is 1.06. The molecule has 5 heteroatoms. The van der Waals surface area contributed by atoms with E-state index in [0.717, 1.165) is 49.8 Å². The summed E-state index contributed by atoms with van der Waals surface area (Å²) in [4.78, 5) is 16.8. The van der Waals surface area contributed by atoms with Gasteiger partial charge in [0.2, 0.25) is 0 Å². The Kier molecular flexibility index (Phi) is 3.69. The van der Waals surface area contributed by atoms with Gasteiger partial charge in [-0.05, 0) is 86.2 Å². The third-order valence-corrected chi connectivity index (χ3v) is 7.74. The lowest BCUT2D eigenvalue weighted by atomic mass is 9.74. The van der Waals surface area contributed by atoms with Gasteiger partial charge < -0.3 is 10.0 Å². The minimum absolute atomic E-state index is 0.0387. The highest BCUT2D eigenvalue weighted by atomic mass is 79.9. The molecule has 0 aromatic heterocycles. The summed E-state index contributed by atoms with van der Waals surface area (Å²) in [6.45, 7) is 3.21. The second kappa shape index (κ2) is 5.71. The van der Waals surface area contributed by atoms with Crippen LogP contribution < -0.4 is 0 Å². The van der Waals surface area contributed by atoms with Gasteiger partial charge in [-0.25, -0.2) is 4.79 Å². The van der Waals surface area contributed by atoms with E-state index in [9.17, 15) is 9.90 Å². The standard InChI is InChI=1S/C20H25BrN2O2/c21-15-2-1-13-3-6-20(7-8-20)18(16(13)11-15)23(19(24)25)17-12-22-9-4-14(17)5-10-22/h1-2,11,14,17-18H,3-10,12H2,(H,24,25)/t17-,18?/m1/s1. The molecule has 1 saturated carbocycles. The summed E-state index contributed by atoms with van der Waals surface area (Å²) in [5.41, 5.74) is 2.80. The zero-order valence-electron chi connectivity index (χ0n) is 14.5. The van der Waals surface area contributed by atoms with Crippen LogP contribution in [0.5, 0.6) is 0 Å². The van der Waals surface area contributed by atoms with E-state index >= 15 is 0 Å². The molecule has 0 radical (unpaired) electrons. The predicted molar refractivity (Wildman–Crippen MR) is 99.7 cm³/mol. The number of hydrogen-bond donors (Lipinski definition) is 1. The first-order valence-corrected chi connectivity index (χ1v) is 10.4. The molecule has 25 heavy (non-hydrogen) atoms. The molecule has 1 aromatic carbocycles. The van der Waals surface area contributed by atoms with Gasteiger partial charge in [-0.2, -0.15) is 0 Å². The van der Waals surface area contributed by atoms with Crippen molar-refractivity contribution in [2.24, 2.45) is 11.3 Å². The van der Waals surface area contributed by atoms with E-state index in [2.05, 4.69) is 39.0 Å². The summed E-state index contributed by atoms with van der Waals surface area (Å²) in [6, 6.07) is 6.68. The Morgan fingerprint density at radius 1 is 1.24 bits per heavy atom. The lowest BCUT2D eigenvalue weighted by Gasteiger charge is -2.52. The Morgan fingerprint density at radius 3 is 2.60 bits per heavy atom. The van der Waals surface area contributed by atoms with Crippen LogP contribution >= 0.6 is 15.9 Å². The number of rotatable bonds is 2. The van der Waals surface area contributed by atoms with Crippen molar-refractivity contribution < 1.29 is 9.90 Å². The molecule has 4 nitrogen and oxygen atoms in total. The maximum Gasteiger partial charge on any atom is 0.408 e. The Labute approximate surface area is 157 Å². The maximum absolute atomic E-state index is 12.5. The fourth-order valence-corrected chi connectivity index (χ4v) is 6.10. The molecule has 2 bridgehead atoms. The highest BCUT2D eigenvalue weighted by Gasteiger charge is 2.57. The number of halogens is 1. The molecule has 6 rings (SSSR count). The van der Waals surface area contributed by atoms with Crippen LogP contribution in [0.15, 0.2) is 22.7 Å². The number of carbonyl (C=O) groups is 1. The first-order chi connectivity index (χ1) is 12.1. The molecule has 2 atom stereocenters. The molecule has 134 valence electrons. The van der Waals surface area contributed by atoms with Gasteiger partial charge in [0.25, 0.3) is 0 Å². The highest BCUT2D eigenvalue weighted by molar-refractivity contribution is 9.10. The SMILES string of the molecule is O=C(O)N(C1c2cc(Br)ccc2CCC12CC2)[C@@H]1CN2CCC1CC2. The van der Waals surface area contributed by atoms with Crippen LogP contribution in [0, 0.1) is 11.3 Å². The zero-order valence-corrected chi connectivity index (χ0v) is 16.0. The van der Waals surface area contributed by atoms with Crippen molar-refractivity contribution in [1.82, 2.24) is 9.80 Å². The van der Waals surface area contributed by atoms with Crippen molar-refractivity contribution in [2.45, 2.75) is 50.6 Å². The zero-order chi connectivity index (χ0) is 17.2. The molecule has 1 amide bonds. The molecule has 3 aliphatic heterocycles. The lowest BCUT2D eigenvalue weighted by molar-refractivity contribution is -0.0243. The molecule has 3 saturated heterocycles. The van der Waals surface area contributed by atoms with Crippen molar-refractivity contribution in [3.8, 4) is 0 Å². The molecule has 1 unspecified atom stereocenters. The Morgan fingerprint density at radius 2 is 2.00 bits per heavy atom. The van der Waals surface area contributed by atoms with Crippen LogP contribution in [0.1, 0.15) is 49.3 Å². The van der Waals surface area contributed by atoms with Crippen molar-refractivity contribution >= 4 is 22.0 Å². The van der Waals surface area contributed by atoms with Crippen molar-refractivity contribution in [2.75, 3.05) is 19.6 Å². The van der Waals surface area contributed by atoms with Crippen LogP contribution in [0.3, 0.4) is 0 Å². The number of piperidine rings is 3. The quantitative estimate of drug-likeness (QED) is 0.799. The lowest BCUT2D eigenvalue weighted by Crippen LogP contribution is -2.60. The first kappa shape index (κ1) is 16.1. The average Bonchev–Trinajstić information content (AvgIpc) is 3.38. The van der Waals surface area contributed by atoms with Gasteiger partial charge in [-0.3, -0.25) is 4.90 Å². The minimum Gasteiger partial charge on any atom is -0.465 e. The normalized spacial score (nSPS) is 34.6. The van der Waals surface area contributed by atoms with Gasteiger partial charge in [0.1, 0.15) is 0 Å². The number of fused-ring (bicyclic) bond motifs is 4. The van der Waals surface area contributed by atoms with Gasteiger partial charge >= 0.3 is 6.09 Å². The number of amides is 1. The Balaban J connectivity index is 1.59. The number of benzene rings is 1. The summed E-state index contributed by atoms with van der Waals surface area (Å²) >= 11 is 3.62. The van der Waals surface area contributed by atoms with Crippen LogP contribution in [-0.4, -0.2) is 46.7 Å². The Hall–Kier alpha value is -1.07. The van der Waals surface area contributed by atoms with Gasteiger partial charge in [0, 0.05) is 11.0 Å². The predicted octanol–water partition coefficient (Wildman–Crippen LogP) is 4.29. The fourth-order valence-electron chi connectivity index (χ4n) is 5.72. The maximum atomic E-state index is 12.5. The van der Waals surface area contributed by atoms with Crippen LogP contribution in [-0.2, 0) is 6.42 Å². The van der Waals surface area contributed by atoms with Gasteiger partial charge in [-0.1, -0.05) is 22.0 Å².